The number of nitrogens with zero attached hydrogens (tertiary/aromatic N) is 2. The highest BCUT2D eigenvalue weighted by molar-refractivity contribution is 6.31. The number of hydrogen-bond acceptors (Lipinski definition) is 3. The van der Waals surface area contributed by atoms with Crippen LogP contribution >= 0.6 is 11.6 Å². The van der Waals surface area contributed by atoms with Crippen molar-refractivity contribution in [1.29, 1.82) is 0 Å². The second kappa shape index (κ2) is 13.4. The largest absolute Gasteiger partial charge is 0.497 e. The zero-order valence-electron chi connectivity index (χ0n) is 19.8. The van der Waals surface area contributed by atoms with Crippen molar-refractivity contribution in [3.63, 3.8) is 0 Å². The molecule has 182 valence electrons. The monoisotopic (exact) mass is 492 g/mol. The van der Waals surface area contributed by atoms with E-state index in [1.165, 1.54) is 13.2 Å². The summed E-state index contributed by atoms with van der Waals surface area (Å²) in [5.41, 5.74) is 1.80. The maximum Gasteiger partial charge on any atom is 0.416 e. The van der Waals surface area contributed by atoms with Crippen LogP contribution in [0.3, 0.4) is 0 Å². The van der Waals surface area contributed by atoms with Crippen LogP contribution in [-0.4, -0.2) is 22.9 Å². The van der Waals surface area contributed by atoms with Crippen molar-refractivity contribution in [3.8, 4) is 11.4 Å². The van der Waals surface area contributed by atoms with Crippen LogP contribution in [0.5, 0.6) is 0 Å². The van der Waals surface area contributed by atoms with Gasteiger partial charge < -0.3 is 9.30 Å². The minimum atomic E-state index is -4.37. The van der Waals surface area contributed by atoms with Gasteiger partial charge in [-0.15, -0.1) is 0 Å². The van der Waals surface area contributed by atoms with E-state index in [2.05, 4.69) is 11.6 Å². The number of halogens is 4. The van der Waals surface area contributed by atoms with Gasteiger partial charge in [-0.3, -0.25) is 4.79 Å². The number of carbonyl (C=O) groups excluding carboxylic acids is 1. The Morgan fingerprint density at radius 2 is 1.82 bits per heavy atom. The number of aldehydes is 1. The number of fused-ring (bicyclic) bond motifs is 1. The third kappa shape index (κ3) is 7.92. The number of allylic oxidation sites excluding steroid dienone is 4. The molecule has 0 aliphatic rings. The fourth-order valence-corrected chi connectivity index (χ4v) is 2.88. The predicted molar refractivity (Wildman–Crippen MR) is 133 cm³/mol. The van der Waals surface area contributed by atoms with Crippen molar-refractivity contribution in [2.24, 2.45) is 7.05 Å². The first-order valence-corrected chi connectivity index (χ1v) is 10.8. The molecule has 0 amide bonds. The maximum atomic E-state index is 12.8. The molecule has 0 radical (unpaired) electrons. The van der Waals surface area contributed by atoms with E-state index in [1.807, 2.05) is 13.8 Å². The minimum Gasteiger partial charge on any atom is -0.497 e. The fraction of sp³-hybridized carbons (Fsp3) is 0.231. The van der Waals surface area contributed by atoms with E-state index in [1.54, 1.807) is 61.0 Å². The summed E-state index contributed by atoms with van der Waals surface area (Å²) in [6.07, 6.45) is 1.42. The lowest BCUT2D eigenvalue weighted by molar-refractivity contribution is -0.137. The number of benzene rings is 2. The van der Waals surface area contributed by atoms with Crippen LogP contribution in [0.2, 0.25) is 5.02 Å². The lowest BCUT2D eigenvalue weighted by Crippen LogP contribution is -2.05. The number of imidazole rings is 1. The van der Waals surface area contributed by atoms with Gasteiger partial charge in [0.1, 0.15) is 17.9 Å². The zero-order valence-corrected chi connectivity index (χ0v) is 20.5. The summed E-state index contributed by atoms with van der Waals surface area (Å²) in [5, 5.41) is 0.557. The first kappa shape index (κ1) is 28.7. The molecule has 0 saturated carbocycles. The maximum absolute atomic E-state index is 12.8. The van der Waals surface area contributed by atoms with Gasteiger partial charge in [0, 0.05) is 23.2 Å². The molecule has 0 spiro atoms. The lowest BCUT2D eigenvalue weighted by atomic mass is 10.1. The smallest absolute Gasteiger partial charge is 0.416 e. The molecule has 1 aromatic heterocycles. The molecule has 0 saturated heterocycles. The number of aryl methyl sites for hydroxylation is 1. The molecule has 3 aromatic rings. The third-order valence-corrected chi connectivity index (χ3v) is 4.72. The Morgan fingerprint density at radius 1 is 1.15 bits per heavy atom. The molecule has 0 unspecified atom stereocenters. The van der Waals surface area contributed by atoms with Crippen LogP contribution in [0.15, 0.2) is 78.6 Å². The van der Waals surface area contributed by atoms with Crippen molar-refractivity contribution in [2.45, 2.75) is 26.9 Å². The fourth-order valence-electron chi connectivity index (χ4n) is 2.72. The van der Waals surface area contributed by atoms with Gasteiger partial charge in [0.15, 0.2) is 0 Å². The average molecular weight is 493 g/mol. The van der Waals surface area contributed by atoms with E-state index in [0.29, 0.717) is 33.3 Å². The van der Waals surface area contributed by atoms with Gasteiger partial charge in [-0.25, -0.2) is 4.98 Å². The number of carbonyl (C=O) groups is 1. The first-order valence-electron chi connectivity index (χ1n) is 10.4. The number of methoxy groups -OCH3 is 1. The third-order valence-electron chi connectivity index (χ3n) is 4.48. The highest BCUT2D eigenvalue weighted by atomic mass is 35.5. The van der Waals surface area contributed by atoms with E-state index >= 15 is 0 Å². The summed E-state index contributed by atoms with van der Waals surface area (Å²) in [5.74, 6) is 1.00. The van der Waals surface area contributed by atoms with Crippen LogP contribution in [0.25, 0.3) is 22.4 Å². The molecule has 0 aliphatic heterocycles. The number of ether oxygens (including phenoxy) is 1. The molecule has 3 rings (SSSR count). The topological polar surface area (TPSA) is 44.1 Å². The molecule has 8 heteroatoms. The SMILES string of the molecule is C=C(/C=C\C(C=O)=C/C)OC.CC.Cn1c(-c2cccc(C(F)(F)F)c2)nc2ccc(Cl)cc21. The predicted octanol–water partition coefficient (Wildman–Crippen LogP) is 7.79. The van der Waals surface area contributed by atoms with Crippen LogP contribution in [0.1, 0.15) is 26.3 Å². The van der Waals surface area contributed by atoms with Crippen LogP contribution in [0, 0.1) is 0 Å². The Balaban J connectivity index is 0.000000380. The molecule has 4 nitrogen and oxygen atoms in total. The molecule has 1 heterocycles. The highest BCUT2D eigenvalue weighted by Gasteiger charge is 2.30. The van der Waals surface area contributed by atoms with Gasteiger partial charge in [0.05, 0.1) is 23.7 Å². The number of aromatic nitrogens is 2. The van der Waals surface area contributed by atoms with Crippen molar-refractivity contribution >= 4 is 28.9 Å². The molecule has 0 bridgehead atoms. The molecule has 34 heavy (non-hydrogen) atoms. The second-order valence-corrected chi connectivity index (χ2v) is 7.05. The summed E-state index contributed by atoms with van der Waals surface area (Å²) in [6, 6.07) is 10.3. The quantitative estimate of drug-likeness (QED) is 0.158. The highest BCUT2D eigenvalue weighted by Crippen LogP contribution is 2.33. The zero-order chi connectivity index (χ0) is 25.9. The molecular formula is C26H28ClF3N2O2. The van der Waals surface area contributed by atoms with Crippen molar-refractivity contribution in [3.05, 3.63) is 89.2 Å². The summed E-state index contributed by atoms with van der Waals surface area (Å²) >= 11 is 5.94. The van der Waals surface area contributed by atoms with E-state index < -0.39 is 11.7 Å². The Bertz CT molecular complexity index is 1180. The average Bonchev–Trinajstić information content (AvgIpc) is 3.16. The van der Waals surface area contributed by atoms with E-state index in [9.17, 15) is 18.0 Å². The second-order valence-electron chi connectivity index (χ2n) is 6.62. The molecule has 2 aromatic carbocycles. The van der Waals surface area contributed by atoms with Crippen LogP contribution in [-0.2, 0) is 22.8 Å². The molecule has 0 atom stereocenters. The summed E-state index contributed by atoms with van der Waals surface area (Å²) in [7, 11) is 3.28. The Labute approximate surface area is 203 Å². The Kier molecular flexibility index (Phi) is 11.3. The van der Waals surface area contributed by atoms with E-state index in [4.69, 9.17) is 16.3 Å². The summed E-state index contributed by atoms with van der Waals surface area (Å²) < 4.78 is 44.9. The molecule has 0 aliphatic carbocycles. The van der Waals surface area contributed by atoms with Crippen LogP contribution < -0.4 is 0 Å². The normalized spacial score (nSPS) is 11.4. The number of rotatable bonds is 5. The Morgan fingerprint density at radius 3 is 2.38 bits per heavy atom. The first-order chi connectivity index (χ1) is 16.1. The van der Waals surface area contributed by atoms with Crippen molar-refractivity contribution < 1.29 is 22.7 Å². The summed E-state index contributed by atoms with van der Waals surface area (Å²) in [6.45, 7) is 9.36. The van der Waals surface area contributed by atoms with Gasteiger partial charge in [0.25, 0.3) is 0 Å². The van der Waals surface area contributed by atoms with Gasteiger partial charge in [-0.1, -0.05) is 50.2 Å². The number of hydrogen-bond donors (Lipinski definition) is 0. The summed E-state index contributed by atoms with van der Waals surface area (Å²) in [4.78, 5) is 14.6. The van der Waals surface area contributed by atoms with E-state index in [0.717, 1.165) is 23.9 Å². The van der Waals surface area contributed by atoms with Gasteiger partial charge in [-0.05, 0) is 49.4 Å². The van der Waals surface area contributed by atoms with Crippen molar-refractivity contribution in [2.75, 3.05) is 7.11 Å². The minimum absolute atomic E-state index is 0.416. The molecular weight excluding hydrogens is 465 g/mol. The molecule has 0 fully saturated rings. The lowest BCUT2D eigenvalue weighted by Gasteiger charge is -2.08. The molecule has 0 N–H and O–H groups in total. The standard InChI is InChI=1S/C15H10ClF3N2.C9H12O2.C2H6/c1-21-13-8-11(16)5-6-12(13)20-14(21)9-3-2-4-10(7-9)15(17,18)19;1-4-9(7-10)6-5-8(2)11-3;1-2/h2-8H,1H3;4-7H,2H2,1,3H3;1-2H3/b;6-5-,9-4+;. The van der Waals surface area contributed by atoms with Gasteiger partial charge in [0.2, 0.25) is 0 Å². The van der Waals surface area contributed by atoms with Gasteiger partial charge in [-0.2, -0.15) is 13.2 Å². The Hall–Kier alpha value is -3.32. The van der Waals surface area contributed by atoms with Crippen LogP contribution in [0.4, 0.5) is 13.2 Å². The van der Waals surface area contributed by atoms with E-state index in [-0.39, 0.29) is 0 Å². The number of alkyl halides is 3. The van der Waals surface area contributed by atoms with Crippen molar-refractivity contribution in [1.82, 2.24) is 9.55 Å². The van der Waals surface area contributed by atoms with Gasteiger partial charge >= 0.3 is 6.18 Å².